The molecule has 0 unspecified atom stereocenters. The number of nitrogens with one attached hydrogen (secondary N) is 1. The summed E-state index contributed by atoms with van der Waals surface area (Å²) in [5.74, 6) is -0.00882. The van der Waals surface area contributed by atoms with Crippen molar-refractivity contribution >= 4 is 17.2 Å². The molecule has 3 heterocycles. The van der Waals surface area contributed by atoms with Crippen LogP contribution in [0.1, 0.15) is 35.7 Å². The second-order valence-electron chi connectivity index (χ2n) is 5.84. The van der Waals surface area contributed by atoms with E-state index in [1.165, 1.54) is 32.4 Å². The number of carbonyl (C=O) groups excluding carboxylic acids is 1. The fourth-order valence-corrected chi connectivity index (χ4v) is 3.57. The van der Waals surface area contributed by atoms with E-state index in [1.54, 1.807) is 17.5 Å². The van der Waals surface area contributed by atoms with Crippen LogP contribution in [-0.2, 0) is 24.3 Å². The molecule has 0 aliphatic carbocycles. The van der Waals surface area contributed by atoms with Crippen LogP contribution in [-0.4, -0.2) is 33.9 Å². The fourth-order valence-electron chi connectivity index (χ4n) is 2.73. The van der Waals surface area contributed by atoms with Crippen molar-refractivity contribution in [3.05, 3.63) is 46.2 Å². The summed E-state index contributed by atoms with van der Waals surface area (Å²) in [5, 5.41) is 6.00. The molecule has 0 bridgehead atoms. The van der Waals surface area contributed by atoms with Crippen LogP contribution in [0.2, 0.25) is 0 Å². The van der Waals surface area contributed by atoms with Gasteiger partial charge >= 0.3 is 0 Å². The molecule has 1 aliphatic heterocycles. The molecule has 1 amide bonds. The van der Waals surface area contributed by atoms with E-state index in [1.807, 2.05) is 23.6 Å². The minimum Gasteiger partial charge on any atom is -0.350 e. The fraction of sp³-hybridized carbons (Fsp3) is 0.471. The number of nitrogens with zero attached hydrogens (tertiary/aromatic N) is 3. The summed E-state index contributed by atoms with van der Waals surface area (Å²) < 4.78 is 0. The maximum atomic E-state index is 12.0. The molecule has 1 saturated heterocycles. The number of piperidine rings is 1. The average Bonchev–Trinajstić information content (AvgIpc) is 3.02. The minimum atomic E-state index is -0.00882. The van der Waals surface area contributed by atoms with Gasteiger partial charge in [-0.15, -0.1) is 11.3 Å². The van der Waals surface area contributed by atoms with E-state index >= 15 is 0 Å². The molecular formula is C17H22N4OS. The van der Waals surface area contributed by atoms with Gasteiger partial charge in [0.2, 0.25) is 5.91 Å². The Labute approximate surface area is 140 Å². The van der Waals surface area contributed by atoms with Gasteiger partial charge < -0.3 is 5.32 Å². The highest BCUT2D eigenvalue weighted by atomic mass is 32.1. The van der Waals surface area contributed by atoms with E-state index < -0.39 is 0 Å². The lowest BCUT2D eigenvalue weighted by atomic mass is 10.1. The van der Waals surface area contributed by atoms with E-state index in [4.69, 9.17) is 0 Å². The van der Waals surface area contributed by atoms with Crippen LogP contribution in [0.25, 0.3) is 0 Å². The first-order chi connectivity index (χ1) is 11.3. The molecule has 5 nitrogen and oxygen atoms in total. The molecule has 23 heavy (non-hydrogen) atoms. The molecule has 1 aliphatic rings. The Morgan fingerprint density at radius 2 is 2.09 bits per heavy atom. The number of thiazole rings is 1. The van der Waals surface area contributed by atoms with Crippen molar-refractivity contribution in [3.8, 4) is 0 Å². The molecule has 2 aromatic rings. The Kier molecular flexibility index (Phi) is 5.71. The topological polar surface area (TPSA) is 58.1 Å². The summed E-state index contributed by atoms with van der Waals surface area (Å²) >= 11 is 1.65. The van der Waals surface area contributed by atoms with Gasteiger partial charge in [-0.05, 0) is 38.1 Å². The highest BCUT2D eigenvalue weighted by Gasteiger charge is 2.13. The number of carbonyl (C=O) groups is 1. The van der Waals surface area contributed by atoms with Crippen LogP contribution in [0.3, 0.4) is 0 Å². The zero-order chi connectivity index (χ0) is 15.9. The largest absolute Gasteiger partial charge is 0.350 e. The summed E-state index contributed by atoms with van der Waals surface area (Å²) in [4.78, 5) is 23.2. The number of amides is 1. The first kappa shape index (κ1) is 16.1. The van der Waals surface area contributed by atoms with Gasteiger partial charge in [-0.25, -0.2) is 4.98 Å². The standard InChI is InChI=1S/C17H22N4OS/c22-16(19-11-14-6-2-3-7-18-14)10-15-13-23-17(20-15)12-21-8-4-1-5-9-21/h2-3,6-7,13H,1,4-5,8-12H2,(H,19,22). The lowest BCUT2D eigenvalue weighted by Gasteiger charge is -2.25. The van der Waals surface area contributed by atoms with Gasteiger partial charge in [0, 0.05) is 11.6 Å². The van der Waals surface area contributed by atoms with Gasteiger partial charge in [-0.1, -0.05) is 12.5 Å². The van der Waals surface area contributed by atoms with Gasteiger partial charge in [0.05, 0.1) is 30.9 Å². The molecule has 0 saturated carbocycles. The summed E-state index contributed by atoms with van der Waals surface area (Å²) in [5.41, 5.74) is 1.73. The summed E-state index contributed by atoms with van der Waals surface area (Å²) in [6.45, 7) is 3.71. The number of pyridine rings is 1. The van der Waals surface area contributed by atoms with Gasteiger partial charge in [0.25, 0.3) is 0 Å². The Hall–Kier alpha value is -1.79. The second-order valence-corrected chi connectivity index (χ2v) is 6.79. The second kappa shape index (κ2) is 8.17. The van der Waals surface area contributed by atoms with E-state index in [9.17, 15) is 4.79 Å². The molecular weight excluding hydrogens is 308 g/mol. The molecule has 0 aromatic carbocycles. The maximum Gasteiger partial charge on any atom is 0.226 e. The third-order valence-electron chi connectivity index (χ3n) is 3.94. The van der Waals surface area contributed by atoms with Gasteiger partial charge in [0.15, 0.2) is 0 Å². The van der Waals surface area contributed by atoms with Crippen LogP contribution in [0.5, 0.6) is 0 Å². The number of hydrogen-bond acceptors (Lipinski definition) is 5. The van der Waals surface area contributed by atoms with Crippen molar-refractivity contribution < 1.29 is 4.79 Å². The number of rotatable bonds is 6. The zero-order valence-electron chi connectivity index (χ0n) is 13.2. The van der Waals surface area contributed by atoms with Crippen molar-refractivity contribution in [1.82, 2.24) is 20.2 Å². The van der Waals surface area contributed by atoms with Crippen molar-refractivity contribution in [3.63, 3.8) is 0 Å². The summed E-state index contributed by atoms with van der Waals surface area (Å²) in [6.07, 6.45) is 5.98. The third kappa shape index (κ3) is 5.11. The molecule has 1 N–H and O–H groups in total. The van der Waals surface area contributed by atoms with Gasteiger partial charge in [-0.3, -0.25) is 14.7 Å². The quantitative estimate of drug-likeness (QED) is 0.883. The Bertz CT molecular complexity index is 623. The van der Waals surface area contributed by atoms with Crippen molar-refractivity contribution in [2.24, 2.45) is 0 Å². The first-order valence-electron chi connectivity index (χ1n) is 8.12. The van der Waals surface area contributed by atoms with Gasteiger partial charge in [0.1, 0.15) is 5.01 Å². The van der Waals surface area contributed by atoms with Crippen molar-refractivity contribution in [1.29, 1.82) is 0 Å². The van der Waals surface area contributed by atoms with E-state index in [0.29, 0.717) is 13.0 Å². The lowest BCUT2D eigenvalue weighted by molar-refractivity contribution is -0.120. The SMILES string of the molecule is O=C(Cc1csc(CN2CCCCC2)n1)NCc1ccccn1. The number of likely N-dealkylation sites (tertiary alicyclic amines) is 1. The normalized spacial score (nSPS) is 15.5. The van der Waals surface area contributed by atoms with E-state index in [-0.39, 0.29) is 5.91 Å². The average molecular weight is 330 g/mol. The molecule has 0 atom stereocenters. The molecule has 6 heteroatoms. The number of hydrogen-bond donors (Lipinski definition) is 1. The van der Waals surface area contributed by atoms with Crippen LogP contribution in [0.4, 0.5) is 0 Å². The molecule has 122 valence electrons. The predicted octanol–water partition coefficient (Wildman–Crippen LogP) is 2.38. The molecule has 0 radical (unpaired) electrons. The molecule has 1 fully saturated rings. The van der Waals surface area contributed by atoms with Crippen LogP contribution >= 0.6 is 11.3 Å². The predicted molar refractivity (Wildman–Crippen MR) is 91.0 cm³/mol. The monoisotopic (exact) mass is 330 g/mol. The number of aromatic nitrogens is 2. The van der Waals surface area contributed by atoms with Crippen LogP contribution in [0, 0.1) is 0 Å². The zero-order valence-corrected chi connectivity index (χ0v) is 14.0. The first-order valence-corrected chi connectivity index (χ1v) is 9.00. The minimum absolute atomic E-state index is 0.00882. The third-order valence-corrected chi connectivity index (χ3v) is 4.82. The lowest BCUT2D eigenvalue weighted by Crippen LogP contribution is -2.29. The highest BCUT2D eigenvalue weighted by Crippen LogP contribution is 2.16. The smallest absolute Gasteiger partial charge is 0.226 e. The Morgan fingerprint density at radius 3 is 2.87 bits per heavy atom. The molecule has 3 rings (SSSR count). The molecule has 2 aromatic heterocycles. The highest BCUT2D eigenvalue weighted by molar-refractivity contribution is 7.09. The summed E-state index contributed by atoms with van der Waals surface area (Å²) in [6, 6.07) is 5.69. The van der Waals surface area contributed by atoms with Crippen LogP contribution < -0.4 is 5.32 Å². The summed E-state index contributed by atoms with van der Waals surface area (Å²) in [7, 11) is 0. The van der Waals surface area contributed by atoms with Crippen LogP contribution in [0.15, 0.2) is 29.8 Å². The van der Waals surface area contributed by atoms with E-state index in [2.05, 4.69) is 20.2 Å². The van der Waals surface area contributed by atoms with E-state index in [0.717, 1.165) is 22.9 Å². The van der Waals surface area contributed by atoms with Crippen molar-refractivity contribution in [2.45, 2.75) is 38.8 Å². The Morgan fingerprint density at radius 1 is 1.22 bits per heavy atom. The molecule has 0 spiro atoms. The van der Waals surface area contributed by atoms with Gasteiger partial charge in [-0.2, -0.15) is 0 Å². The Balaban J connectivity index is 1.45. The van der Waals surface area contributed by atoms with Crippen molar-refractivity contribution in [2.75, 3.05) is 13.1 Å². The maximum absolute atomic E-state index is 12.0.